The quantitative estimate of drug-likeness (QED) is 0.531. The lowest BCUT2D eigenvalue weighted by atomic mass is 9.81. The van der Waals surface area contributed by atoms with Crippen LogP contribution in [0.4, 0.5) is 23.7 Å². The SMILES string of the molecule is CC(C)Oc1cccc(CN2CCC3(CC2C)C(=O)NC(=O)N3c2cccc(C#N)c2)c1.O=C(O)C(F)(F)F. The minimum Gasteiger partial charge on any atom is -0.491 e. The average Bonchev–Trinajstić information content (AvgIpc) is 3.09. The van der Waals surface area contributed by atoms with E-state index in [2.05, 4.69) is 35.3 Å². The Morgan fingerprint density at radius 2 is 1.90 bits per heavy atom. The van der Waals surface area contributed by atoms with Crippen molar-refractivity contribution in [3.63, 3.8) is 0 Å². The van der Waals surface area contributed by atoms with Crippen LogP contribution in [0.2, 0.25) is 0 Å². The van der Waals surface area contributed by atoms with Crippen LogP contribution < -0.4 is 15.0 Å². The van der Waals surface area contributed by atoms with Crippen LogP contribution in [0.15, 0.2) is 48.5 Å². The summed E-state index contributed by atoms with van der Waals surface area (Å²) in [5.74, 6) is -2.17. The van der Waals surface area contributed by atoms with Crippen LogP contribution in [0.5, 0.6) is 5.75 Å². The molecule has 1 spiro atoms. The van der Waals surface area contributed by atoms with Gasteiger partial charge in [-0.1, -0.05) is 18.2 Å². The van der Waals surface area contributed by atoms with E-state index < -0.39 is 23.7 Å². The number of piperidine rings is 1. The number of benzene rings is 2. The van der Waals surface area contributed by atoms with Crippen molar-refractivity contribution in [1.29, 1.82) is 5.26 Å². The molecule has 2 saturated heterocycles. The molecule has 9 nitrogen and oxygen atoms in total. The number of likely N-dealkylation sites (tertiary alicyclic amines) is 1. The van der Waals surface area contributed by atoms with Crippen molar-refractivity contribution < 1.29 is 37.4 Å². The van der Waals surface area contributed by atoms with Crippen molar-refractivity contribution in [3.05, 3.63) is 59.7 Å². The number of carboxylic acids is 1. The lowest BCUT2D eigenvalue weighted by Crippen LogP contribution is -2.59. The third kappa shape index (κ3) is 6.86. The predicted molar refractivity (Wildman–Crippen MR) is 135 cm³/mol. The normalized spacial score (nSPS) is 21.3. The molecule has 2 heterocycles. The van der Waals surface area contributed by atoms with Gasteiger partial charge < -0.3 is 9.84 Å². The summed E-state index contributed by atoms with van der Waals surface area (Å²) in [5.41, 5.74) is 1.24. The molecule has 2 unspecified atom stereocenters. The molecule has 39 heavy (non-hydrogen) atoms. The van der Waals surface area contributed by atoms with Crippen LogP contribution in [-0.2, 0) is 16.1 Å². The highest BCUT2D eigenvalue weighted by Gasteiger charge is 2.56. The highest BCUT2D eigenvalue weighted by atomic mass is 19.4. The Hall–Kier alpha value is -4.11. The van der Waals surface area contributed by atoms with Gasteiger partial charge in [-0.15, -0.1) is 0 Å². The molecule has 0 aromatic heterocycles. The van der Waals surface area contributed by atoms with E-state index in [1.807, 2.05) is 26.0 Å². The number of ether oxygens (including phenoxy) is 1. The number of carboxylic acid groups (broad SMARTS) is 1. The van der Waals surface area contributed by atoms with Gasteiger partial charge >= 0.3 is 18.2 Å². The molecule has 12 heteroatoms. The van der Waals surface area contributed by atoms with Gasteiger partial charge in [0.15, 0.2) is 0 Å². The molecule has 0 saturated carbocycles. The van der Waals surface area contributed by atoms with Gasteiger partial charge in [0.1, 0.15) is 11.3 Å². The number of imide groups is 1. The lowest BCUT2D eigenvalue weighted by molar-refractivity contribution is -0.192. The number of nitrogens with one attached hydrogen (secondary N) is 1. The summed E-state index contributed by atoms with van der Waals surface area (Å²) < 4.78 is 37.6. The molecule has 0 bridgehead atoms. The Morgan fingerprint density at radius 1 is 1.23 bits per heavy atom. The number of alkyl halides is 3. The van der Waals surface area contributed by atoms with Crippen LogP contribution in [0, 0.1) is 11.3 Å². The Morgan fingerprint density at radius 3 is 2.49 bits per heavy atom. The topological polar surface area (TPSA) is 123 Å². The number of nitriles is 1. The van der Waals surface area contributed by atoms with E-state index in [1.165, 1.54) is 0 Å². The smallest absolute Gasteiger partial charge is 0.490 e. The molecule has 2 fully saturated rings. The maximum absolute atomic E-state index is 13.0. The number of carbonyl (C=O) groups is 3. The molecule has 0 radical (unpaired) electrons. The lowest BCUT2D eigenvalue weighted by Gasteiger charge is -2.45. The number of amides is 3. The summed E-state index contributed by atoms with van der Waals surface area (Å²) in [6.45, 7) is 7.52. The van der Waals surface area contributed by atoms with Crippen molar-refractivity contribution in [3.8, 4) is 11.8 Å². The Labute approximate surface area is 223 Å². The summed E-state index contributed by atoms with van der Waals surface area (Å²) >= 11 is 0. The minimum absolute atomic E-state index is 0.0803. The number of urea groups is 1. The van der Waals surface area contributed by atoms with Gasteiger partial charge in [0.25, 0.3) is 5.91 Å². The van der Waals surface area contributed by atoms with Gasteiger partial charge in [0, 0.05) is 24.8 Å². The number of carbonyl (C=O) groups excluding carboxylic acids is 2. The zero-order valence-electron chi connectivity index (χ0n) is 21.7. The average molecular weight is 547 g/mol. The van der Waals surface area contributed by atoms with E-state index in [0.717, 1.165) is 17.9 Å². The van der Waals surface area contributed by atoms with Gasteiger partial charge in [0.05, 0.1) is 17.7 Å². The molecule has 2 N–H and O–H groups in total. The van der Waals surface area contributed by atoms with Crippen LogP contribution in [0.25, 0.3) is 0 Å². The molecule has 4 rings (SSSR count). The fraction of sp³-hybridized carbons (Fsp3) is 0.407. The molecule has 0 aliphatic carbocycles. The number of anilines is 1. The molecule has 2 aliphatic rings. The Balaban J connectivity index is 0.000000532. The molecule has 3 amide bonds. The van der Waals surface area contributed by atoms with E-state index in [0.29, 0.717) is 30.6 Å². The second-order valence-electron chi connectivity index (χ2n) is 9.68. The van der Waals surface area contributed by atoms with E-state index in [1.54, 1.807) is 29.2 Å². The summed E-state index contributed by atoms with van der Waals surface area (Å²) in [5, 5.41) is 18.9. The Bertz CT molecular complexity index is 1280. The Kier molecular flexibility index (Phi) is 8.86. The van der Waals surface area contributed by atoms with E-state index >= 15 is 0 Å². The zero-order valence-corrected chi connectivity index (χ0v) is 21.7. The van der Waals surface area contributed by atoms with Gasteiger partial charge in [0.2, 0.25) is 0 Å². The van der Waals surface area contributed by atoms with Gasteiger partial charge in [-0.25, -0.2) is 9.59 Å². The van der Waals surface area contributed by atoms with Crippen molar-refractivity contribution in [2.45, 2.75) is 64.0 Å². The van der Waals surface area contributed by atoms with Crippen LogP contribution >= 0.6 is 0 Å². The monoisotopic (exact) mass is 546 g/mol. The number of nitrogens with zero attached hydrogens (tertiary/aromatic N) is 3. The molecule has 208 valence electrons. The molecule has 2 aliphatic heterocycles. The largest absolute Gasteiger partial charge is 0.491 e. The van der Waals surface area contributed by atoms with Gasteiger partial charge in [-0.05, 0) is 69.5 Å². The summed E-state index contributed by atoms with van der Waals surface area (Å²) in [7, 11) is 0. The van der Waals surface area contributed by atoms with Crippen molar-refractivity contribution in [2.75, 3.05) is 11.4 Å². The van der Waals surface area contributed by atoms with Crippen molar-refractivity contribution >= 4 is 23.6 Å². The van der Waals surface area contributed by atoms with E-state index in [9.17, 15) is 28.0 Å². The number of rotatable bonds is 5. The predicted octanol–water partition coefficient (Wildman–Crippen LogP) is 4.46. The van der Waals surface area contributed by atoms with Crippen LogP contribution in [-0.4, -0.2) is 58.3 Å². The first-order valence-corrected chi connectivity index (χ1v) is 12.2. The maximum Gasteiger partial charge on any atom is 0.490 e. The first-order valence-electron chi connectivity index (χ1n) is 12.2. The standard InChI is InChI=1S/C25H28N4O3.C2HF3O2/c1-17(2)32-22-9-5-7-20(13-22)16-28-11-10-25(14-18(28)3)23(30)27-24(31)29(25)21-8-4-6-19(12-21)15-26;3-2(4,5)1(6)7/h4-9,12-13,17-18H,10-11,14,16H2,1-3H3,(H,27,30,31);(H,6,7). The van der Waals surface area contributed by atoms with Crippen molar-refractivity contribution in [2.24, 2.45) is 0 Å². The van der Waals surface area contributed by atoms with Gasteiger partial charge in [-0.3, -0.25) is 19.9 Å². The first kappa shape index (κ1) is 29.4. The molecule has 2 aromatic carbocycles. The van der Waals surface area contributed by atoms with E-state index in [4.69, 9.17) is 14.6 Å². The fourth-order valence-electron chi connectivity index (χ4n) is 4.78. The number of hydrogen-bond donors (Lipinski definition) is 2. The maximum atomic E-state index is 13.0. The molecular formula is C27H29F3N4O5. The van der Waals surface area contributed by atoms with Crippen LogP contribution in [0.1, 0.15) is 44.7 Å². The zero-order chi connectivity index (χ0) is 29.0. The summed E-state index contributed by atoms with van der Waals surface area (Å²) in [6.07, 6.45) is -3.93. The van der Waals surface area contributed by atoms with E-state index in [-0.39, 0.29) is 18.1 Å². The third-order valence-corrected chi connectivity index (χ3v) is 6.48. The molecule has 2 aromatic rings. The number of aliphatic carboxylic acids is 1. The third-order valence-electron chi connectivity index (χ3n) is 6.48. The highest BCUT2D eigenvalue weighted by molar-refractivity contribution is 6.17. The van der Waals surface area contributed by atoms with Gasteiger partial charge in [-0.2, -0.15) is 18.4 Å². The summed E-state index contributed by atoms with van der Waals surface area (Å²) in [6, 6.07) is 16.7. The molecule has 2 atom stereocenters. The molecular weight excluding hydrogens is 517 g/mol. The van der Waals surface area contributed by atoms with Crippen molar-refractivity contribution in [1.82, 2.24) is 10.2 Å². The van der Waals surface area contributed by atoms with Crippen LogP contribution in [0.3, 0.4) is 0 Å². The fourth-order valence-corrected chi connectivity index (χ4v) is 4.78. The first-order chi connectivity index (χ1) is 18.3. The second-order valence-corrected chi connectivity index (χ2v) is 9.68. The number of halogens is 3. The second kappa shape index (κ2) is 11.7. The highest BCUT2D eigenvalue weighted by Crippen LogP contribution is 2.40. The summed E-state index contributed by atoms with van der Waals surface area (Å²) in [4.78, 5) is 38.5. The number of hydrogen-bond acceptors (Lipinski definition) is 6. The minimum atomic E-state index is -5.08.